The van der Waals surface area contributed by atoms with Crippen molar-refractivity contribution in [2.24, 2.45) is 0 Å². The molecule has 2 N–H and O–H groups in total. The monoisotopic (exact) mass is 292 g/mol. The molecule has 112 valence electrons. The summed E-state index contributed by atoms with van der Waals surface area (Å²) in [6, 6.07) is 14.1. The fraction of sp³-hybridized carbons (Fsp3) is 0.211. The van der Waals surface area contributed by atoms with Crippen molar-refractivity contribution in [3.63, 3.8) is 0 Å². The fourth-order valence-electron chi connectivity index (χ4n) is 2.84. The predicted octanol–water partition coefficient (Wildman–Crippen LogP) is 4.55. The van der Waals surface area contributed by atoms with Gasteiger partial charge in [0.25, 0.3) is 5.91 Å². The van der Waals surface area contributed by atoms with E-state index in [-0.39, 0.29) is 5.91 Å². The van der Waals surface area contributed by atoms with Crippen molar-refractivity contribution < 1.29 is 4.79 Å². The lowest BCUT2D eigenvalue weighted by atomic mass is 10.0. The summed E-state index contributed by atoms with van der Waals surface area (Å²) in [7, 11) is 0. The highest BCUT2D eigenvalue weighted by atomic mass is 16.1. The van der Waals surface area contributed by atoms with E-state index < -0.39 is 0 Å². The number of carbonyl (C=O) groups is 1. The van der Waals surface area contributed by atoms with Crippen LogP contribution in [0.25, 0.3) is 10.9 Å². The molecule has 0 aliphatic rings. The minimum Gasteiger partial charge on any atom is -0.360 e. The van der Waals surface area contributed by atoms with Crippen LogP contribution in [0.1, 0.15) is 35.3 Å². The molecule has 1 amide bonds. The maximum Gasteiger partial charge on any atom is 0.257 e. The SMILES string of the molecule is CCc1cccc(CC)c1NC(=O)c1c[nH]c2ccccc12. The van der Waals surface area contributed by atoms with Gasteiger partial charge in [-0.1, -0.05) is 50.2 Å². The first kappa shape index (κ1) is 14.4. The molecule has 0 unspecified atom stereocenters. The summed E-state index contributed by atoms with van der Waals surface area (Å²) < 4.78 is 0. The number of aromatic amines is 1. The Kier molecular flexibility index (Phi) is 3.96. The van der Waals surface area contributed by atoms with Crippen molar-refractivity contribution in [2.45, 2.75) is 26.7 Å². The number of nitrogens with one attached hydrogen (secondary N) is 2. The number of para-hydroxylation sites is 2. The molecule has 0 saturated heterocycles. The molecule has 3 heteroatoms. The zero-order valence-corrected chi connectivity index (χ0v) is 12.9. The van der Waals surface area contributed by atoms with E-state index in [2.05, 4.69) is 42.3 Å². The van der Waals surface area contributed by atoms with Crippen molar-refractivity contribution in [3.05, 3.63) is 65.4 Å². The summed E-state index contributed by atoms with van der Waals surface area (Å²) in [5.74, 6) is -0.0620. The maximum absolute atomic E-state index is 12.7. The third kappa shape index (κ3) is 2.50. The first-order valence-electron chi connectivity index (χ1n) is 7.72. The lowest BCUT2D eigenvalue weighted by Gasteiger charge is -2.14. The highest BCUT2D eigenvalue weighted by Crippen LogP contribution is 2.25. The second kappa shape index (κ2) is 6.06. The van der Waals surface area contributed by atoms with E-state index in [1.165, 1.54) is 11.1 Å². The Labute approximate surface area is 130 Å². The largest absolute Gasteiger partial charge is 0.360 e. The van der Waals surface area contributed by atoms with Crippen molar-refractivity contribution >= 4 is 22.5 Å². The summed E-state index contributed by atoms with van der Waals surface area (Å²) in [4.78, 5) is 15.8. The molecule has 0 atom stereocenters. The van der Waals surface area contributed by atoms with Crippen LogP contribution in [0.2, 0.25) is 0 Å². The average Bonchev–Trinajstić information content (AvgIpc) is 2.99. The number of hydrogen-bond acceptors (Lipinski definition) is 1. The second-order valence-corrected chi connectivity index (χ2v) is 5.36. The molecule has 0 aliphatic carbocycles. The van der Waals surface area contributed by atoms with Gasteiger partial charge in [0.1, 0.15) is 0 Å². The average molecular weight is 292 g/mol. The molecule has 0 aliphatic heterocycles. The van der Waals surface area contributed by atoms with Crippen LogP contribution in [0.3, 0.4) is 0 Å². The van der Waals surface area contributed by atoms with E-state index in [9.17, 15) is 4.79 Å². The third-order valence-corrected chi connectivity index (χ3v) is 4.07. The molecule has 1 heterocycles. The molecule has 3 aromatic rings. The molecular formula is C19H20N2O. The van der Waals surface area contributed by atoms with Gasteiger partial charge in [-0.15, -0.1) is 0 Å². The van der Waals surface area contributed by atoms with Gasteiger partial charge in [-0.25, -0.2) is 0 Å². The van der Waals surface area contributed by atoms with E-state index in [4.69, 9.17) is 0 Å². The lowest BCUT2D eigenvalue weighted by molar-refractivity contribution is 0.102. The summed E-state index contributed by atoms with van der Waals surface area (Å²) in [6.07, 6.45) is 3.58. The number of aromatic nitrogens is 1. The highest BCUT2D eigenvalue weighted by molar-refractivity contribution is 6.13. The number of anilines is 1. The van der Waals surface area contributed by atoms with Gasteiger partial charge in [0, 0.05) is 22.8 Å². The Balaban J connectivity index is 1.98. The Bertz CT molecular complexity index is 795. The summed E-state index contributed by atoms with van der Waals surface area (Å²) >= 11 is 0. The number of amides is 1. The first-order chi connectivity index (χ1) is 10.7. The zero-order chi connectivity index (χ0) is 15.5. The van der Waals surface area contributed by atoms with Crippen LogP contribution in [-0.4, -0.2) is 10.9 Å². The van der Waals surface area contributed by atoms with Gasteiger partial charge >= 0.3 is 0 Å². The van der Waals surface area contributed by atoms with Crippen LogP contribution >= 0.6 is 0 Å². The van der Waals surface area contributed by atoms with Crippen molar-refractivity contribution in [2.75, 3.05) is 5.32 Å². The minimum absolute atomic E-state index is 0.0620. The molecule has 2 aromatic carbocycles. The van der Waals surface area contributed by atoms with Crippen LogP contribution in [0, 0.1) is 0 Å². The van der Waals surface area contributed by atoms with Gasteiger partial charge in [-0.3, -0.25) is 4.79 Å². The highest BCUT2D eigenvalue weighted by Gasteiger charge is 2.15. The molecule has 0 bridgehead atoms. The van der Waals surface area contributed by atoms with Crippen LogP contribution in [-0.2, 0) is 12.8 Å². The number of aryl methyl sites for hydroxylation is 2. The van der Waals surface area contributed by atoms with Crippen LogP contribution in [0.4, 0.5) is 5.69 Å². The fourth-order valence-corrected chi connectivity index (χ4v) is 2.84. The maximum atomic E-state index is 12.7. The number of benzene rings is 2. The van der Waals surface area contributed by atoms with Gasteiger partial charge < -0.3 is 10.3 Å². The molecule has 0 radical (unpaired) electrons. The molecule has 3 nitrogen and oxygen atoms in total. The van der Waals surface area contributed by atoms with E-state index in [1.807, 2.05) is 24.3 Å². The molecule has 0 spiro atoms. The van der Waals surface area contributed by atoms with Crippen LogP contribution < -0.4 is 5.32 Å². The summed E-state index contributed by atoms with van der Waals surface area (Å²) in [5.41, 5.74) is 4.97. The lowest BCUT2D eigenvalue weighted by Crippen LogP contribution is -2.14. The quantitative estimate of drug-likeness (QED) is 0.728. The Morgan fingerprint density at radius 1 is 1.00 bits per heavy atom. The standard InChI is InChI=1S/C19H20N2O/c1-3-13-8-7-9-14(4-2)18(13)21-19(22)16-12-20-17-11-6-5-10-15(16)17/h5-12,20H,3-4H2,1-2H3,(H,21,22). The van der Waals surface area contributed by atoms with Gasteiger partial charge in [0.2, 0.25) is 0 Å². The molecule has 0 saturated carbocycles. The van der Waals surface area contributed by atoms with Crippen LogP contribution in [0.5, 0.6) is 0 Å². The smallest absolute Gasteiger partial charge is 0.257 e. The van der Waals surface area contributed by atoms with Crippen molar-refractivity contribution in [1.82, 2.24) is 4.98 Å². The predicted molar refractivity (Wildman–Crippen MR) is 91.4 cm³/mol. The molecular weight excluding hydrogens is 272 g/mol. The topological polar surface area (TPSA) is 44.9 Å². The summed E-state index contributed by atoms with van der Waals surface area (Å²) in [5, 5.41) is 4.07. The Morgan fingerprint density at radius 2 is 1.68 bits per heavy atom. The Morgan fingerprint density at radius 3 is 2.36 bits per heavy atom. The van der Waals surface area contributed by atoms with Crippen molar-refractivity contribution in [1.29, 1.82) is 0 Å². The second-order valence-electron chi connectivity index (χ2n) is 5.36. The summed E-state index contributed by atoms with van der Waals surface area (Å²) in [6.45, 7) is 4.21. The number of H-pyrrole nitrogens is 1. The molecule has 3 rings (SSSR count). The normalized spacial score (nSPS) is 10.8. The van der Waals surface area contributed by atoms with Gasteiger partial charge in [-0.05, 0) is 30.0 Å². The molecule has 1 aromatic heterocycles. The minimum atomic E-state index is -0.0620. The number of hydrogen-bond donors (Lipinski definition) is 2. The van der Waals surface area contributed by atoms with Gasteiger partial charge in [-0.2, -0.15) is 0 Å². The van der Waals surface area contributed by atoms with Crippen LogP contribution in [0.15, 0.2) is 48.7 Å². The number of fused-ring (bicyclic) bond motifs is 1. The van der Waals surface area contributed by atoms with Gasteiger partial charge in [0.05, 0.1) is 5.56 Å². The zero-order valence-electron chi connectivity index (χ0n) is 12.9. The van der Waals surface area contributed by atoms with Crippen molar-refractivity contribution in [3.8, 4) is 0 Å². The van der Waals surface area contributed by atoms with Gasteiger partial charge in [0.15, 0.2) is 0 Å². The number of rotatable bonds is 4. The number of carbonyl (C=O) groups excluding carboxylic acids is 1. The van der Waals surface area contributed by atoms with E-state index in [0.29, 0.717) is 5.56 Å². The van der Waals surface area contributed by atoms with E-state index in [0.717, 1.165) is 29.4 Å². The first-order valence-corrected chi connectivity index (χ1v) is 7.72. The van der Waals surface area contributed by atoms with E-state index in [1.54, 1.807) is 6.20 Å². The molecule has 22 heavy (non-hydrogen) atoms. The van der Waals surface area contributed by atoms with E-state index >= 15 is 0 Å². The third-order valence-electron chi connectivity index (χ3n) is 4.07. The molecule has 0 fully saturated rings. The Hall–Kier alpha value is -2.55.